The van der Waals surface area contributed by atoms with Crippen LogP contribution in [0, 0.1) is 0 Å². The molecule has 0 radical (unpaired) electrons. The van der Waals surface area contributed by atoms with Crippen LogP contribution in [0.15, 0.2) is 36.4 Å². The second-order valence-corrected chi connectivity index (χ2v) is 4.30. The fraction of sp³-hybridized carbons (Fsp3) is 0. The van der Waals surface area contributed by atoms with Crippen LogP contribution >= 0.6 is 34.8 Å². The van der Waals surface area contributed by atoms with E-state index in [0.717, 1.165) is 5.69 Å². The van der Waals surface area contributed by atoms with Gasteiger partial charge in [0.25, 0.3) is 0 Å². The van der Waals surface area contributed by atoms with Gasteiger partial charge < -0.3 is 5.32 Å². The van der Waals surface area contributed by atoms with Crippen LogP contribution in [0.1, 0.15) is 0 Å². The summed E-state index contributed by atoms with van der Waals surface area (Å²) in [5, 5.41) is 4.49. The highest BCUT2D eigenvalue weighted by atomic mass is 35.5. The number of hydrogen-bond acceptors (Lipinski definition) is 2. The molecule has 0 aliphatic carbocycles. The predicted octanol–water partition coefficient (Wildman–Crippen LogP) is 4.79. The fourth-order valence-electron chi connectivity index (χ4n) is 1.17. The van der Waals surface area contributed by atoms with E-state index in [4.69, 9.17) is 34.8 Å². The summed E-state index contributed by atoms with van der Waals surface area (Å²) in [5.41, 5.74) is 0.885. The molecule has 5 heteroatoms. The average Bonchev–Trinajstić information content (AvgIpc) is 2.27. The molecule has 1 N–H and O–H groups in total. The number of hydrogen-bond donors (Lipinski definition) is 1. The van der Waals surface area contributed by atoms with Gasteiger partial charge in [-0.15, -0.1) is 0 Å². The molecule has 0 amide bonds. The number of benzene rings is 1. The van der Waals surface area contributed by atoms with Gasteiger partial charge in [-0.1, -0.05) is 34.8 Å². The van der Waals surface area contributed by atoms with E-state index in [1.54, 1.807) is 24.3 Å². The first-order valence-electron chi connectivity index (χ1n) is 4.50. The van der Waals surface area contributed by atoms with E-state index in [1.165, 1.54) is 0 Å². The highest BCUT2D eigenvalue weighted by Gasteiger charge is 2.01. The van der Waals surface area contributed by atoms with Gasteiger partial charge in [-0.3, -0.25) is 0 Å². The molecule has 0 bridgehead atoms. The van der Waals surface area contributed by atoms with Crippen LogP contribution in [0.3, 0.4) is 0 Å². The van der Waals surface area contributed by atoms with Crippen LogP contribution < -0.4 is 5.32 Å². The van der Waals surface area contributed by atoms with Gasteiger partial charge in [-0.25, -0.2) is 4.98 Å². The van der Waals surface area contributed by atoms with Gasteiger partial charge in [-0.2, -0.15) is 0 Å². The Morgan fingerprint density at radius 1 is 0.875 bits per heavy atom. The van der Waals surface area contributed by atoms with E-state index >= 15 is 0 Å². The fourth-order valence-corrected chi connectivity index (χ4v) is 1.55. The number of halogens is 3. The van der Waals surface area contributed by atoms with Crippen molar-refractivity contribution >= 4 is 46.3 Å². The van der Waals surface area contributed by atoms with Crippen molar-refractivity contribution in [1.29, 1.82) is 0 Å². The zero-order valence-corrected chi connectivity index (χ0v) is 10.3. The topological polar surface area (TPSA) is 24.9 Å². The summed E-state index contributed by atoms with van der Waals surface area (Å²) in [6.45, 7) is 0. The maximum atomic E-state index is 5.80. The van der Waals surface area contributed by atoms with Gasteiger partial charge in [0.2, 0.25) is 0 Å². The van der Waals surface area contributed by atoms with Gasteiger partial charge >= 0.3 is 0 Å². The quantitative estimate of drug-likeness (QED) is 0.796. The Bertz CT molecular complexity index is 497. The zero-order chi connectivity index (χ0) is 11.5. The molecule has 0 fully saturated rings. The molecule has 82 valence electrons. The Morgan fingerprint density at radius 2 is 1.56 bits per heavy atom. The number of aromatic nitrogens is 1. The van der Waals surface area contributed by atoms with Gasteiger partial charge in [0, 0.05) is 10.7 Å². The molecule has 16 heavy (non-hydrogen) atoms. The molecule has 2 rings (SSSR count). The third kappa shape index (κ3) is 2.79. The molecule has 0 saturated heterocycles. The lowest BCUT2D eigenvalue weighted by Gasteiger charge is -2.06. The van der Waals surface area contributed by atoms with E-state index in [1.807, 2.05) is 12.1 Å². The average molecular weight is 274 g/mol. The van der Waals surface area contributed by atoms with E-state index in [-0.39, 0.29) is 5.15 Å². The number of pyridine rings is 1. The van der Waals surface area contributed by atoms with Crippen molar-refractivity contribution in [3.05, 3.63) is 51.6 Å². The Balaban J connectivity index is 2.20. The van der Waals surface area contributed by atoms with Crippen molar-refractivity contribution in [2.45, 2.75) is 0 Å². The lowest BCUT2D eigenvalue weighted by atomic mass is 10.3. The summed E-state index contributed by atoms with van der Waals surface area (Å²) in [4.78, 5) is 4.08. The molecule has 2 aromatic rings. The largest absolute Gasteiger partial charge is 0.340 e. The number of rotatable bonds is 2. The molecule has 0 aliphatic rings. The minimum Gasteiger partial charge on any atom is -0.340 e. The molecule has 0 unspecified atom stereocenters. The third-order valence-electron chi connectivity index (χ3n) is 1.92. The lowest BCUT2D eigenvalue weighted by molar-refractivity contribution is 1.31. The third-order valence-corrected chi connectivity index (χ3v) is 2.86. The smallest absolute Gasteiger partial charge is 0.150 e. The number of anilines is 2. The molecular weight excluding hydrogens is 266 g/mol. The zero-order valence-electron chi connectivity index (χ0n) is 8.05. The summed E-state index contributed by atoms with van der Waals surface area (Å²) in [5.74, 6) is 0.636. The molecule has 2 nitrogen and oxygen atoms in total. The summed E-state index contributed by atoms with van der Waals surface area (Å²) >= 11 is 17.3. The molecular formula is C11H7Cl3N2. The molecule has 0 aliphatic heterocycles. The highest BCUT2D eigenvalue weighted by molar-refractivity contribution is 6.41. The number of nitrogens with zero attached hydrogens (tertiary/aromatic N) is 1. The Kier molecular flexibility index (Phi) is 3.54. The normalized spacial score (nSPS) is 10.2. The first-order chi connectivity index (χ1) is 7.65. The Morgan fingerprint density at radius 3 is 2.19 bits per heavy atom. The predicted molar refractivity (Wildman–Crippen MR) is 69.0 cm³/mol. The SMILES string of the molecule is Clc1ccc(Nc2ccc(Cl)c(Cl)n2)cc1. The highest BCUT2D eigenvalue weighted by Crippen LogP contribution is 2.23. The van der Waals surface area contributed by atoms with Crippen molar-refractivity contribution in [3.63, 3.8) is 0 Å². The standard InChI is InChI=1S/C11H7Cl3N2/c12-7-1-3-8(4-2-7)15-10-6-5-9(13)11(14)16-10/h1-6H,(H,15,16). The van der Waals surface area contributed by atoms with E-state index in [0.29, 0.717) is 15.9 Å². The van der Waals surface area contributed by atoms with Gasteiger partial charge in [0.05, 0.1) is 5.02 Å². The van der Waals surface area contributed by atoms with Gasteiger partial charge in [-0.05, 0) is 36.4 Å². The first kappa shape index (κ1) is 11.5. The van der Waals surface area contributed by atoms with Crippen molar-refractivity contribution in [2.75, 3.05) is 5.32 Å². The molecule has 0 saturated carbocycles. The number of nitrogens with one attached hydrogen (secondary N) is 1. The van der Waals surface area contributed by atoms with Crippen LogP contribution in [0.5, 0.6) is 0 Å². The van der Waals surface area contributed by atoms with Crippen molar-refractivity contribution in [2.24, 2.45) is 0 Å². The monoisotopic (exact) mass is 272 g/mol. The van der Waals surface area contributed by atoms with E-state index in [9.17, 15) is 0 Å². The van der Waals surface area contributed by atoms with Crippen LogP contribution in [0.4, 0.5) is 11.5 Å². The molecule has 0 spiro atoms. The van der Waals surface area contributed by atoms with Crippen LogP contribution in [-0.4, -0.2) is 4.98 Å². The summed E-state index contributed by atoms with van der Waals surface area (Å²) < 4.78 is 0. The lowest BCUT2D eigenvalue weighted by Crippen LogP contribution is -1.93. The van der Waals surface area contributed by atoms with Crippen molar-refractivity contribution in [3.8, 4) is 0 Å². The molecule has 1 heterocycles. The summed E-state index contributed by atoms with van der Waals surface area (Å²) in [6.07, 6.45) is 0. The Labute approximate surface area is 108 Å². The van der Waals surface area contributed by atoms with Crippen LogP contribution in [-0.2, 0) is 0 Å². The van der Waals surface area contributed by atoms with E-state index < -0.39 is 0 Å². The van der Waals surface area contributed by atoms with Gasteiger partial charge in [0.1, 0.15) is 11.0 Å². The van der Waals surface area contributed by atoms with Crippen LogP contribution in [0.2, 0.25) is 15.2 Å². The van der Waals surface area contributed by atoms with Crippen molar-refractivity contribution < 1.29 is 0 Å². The molecule has 0 atom stereocenters. The maximum Gasteiger partial charge on any atom is 0.150 e. The summed E-state index contributed by atoms with van der Waals surface area (Å²) in [7, 11) is 0. The molecule has 1 aromatic heterocycles. The van der Waals surface area contributed by atoms with Crippen LogP contribution in [0.25, 0.3) is 0 Å². The van der Waals surface area contributed by atoms with Gasteiger partial charge in [0.15, 0.2) is 0 Å². The minimum absolute atomic E-state index is 0.278. The van der Waals surface area contributed by atoms with Crippen molar-refractivity contribution in [1.82, 2.24) is 4.98 Å². The minimum atomic E-state index is 0.278. The van der Waals surface area contributed by atoms with E-state index in [2.05, 4.69) is 10.3 Å². The summed E-state index contributed by atoms with van der Waals surface area (Å²) in [6, 6.07) is 10.7. The molecule has 1 aromatic carbocycles. The Hall–Kier alpha value is -0.960. The maximum absolute atomic E-state index is 5.80. The second kappa shape index (κ2) is 4.91. The first-order valence-corrected chi connectivity index (χ1v) is 5.63. The second-order valence-electron chi connectivity index (χ2n) is 3.10.